The van der Waals surface area contributed by atoms with Crippen molar-refractivity contribution in [3.63, 3.8) is 0 Å². The lowest BCUT2D eigenvalue weighted by Crippen LogP contribution is -2.36. The molecule has 0 radical (unpaired) electrons. The molecule has 1 aliphatic rings. The van der Waals surface area contributed by atoms with E-state index in [1.807, 2.05) is 91.0 Å². The van der Waals surface area contributed by atoms with Gasteiger partial charge in [0, 0.05) is 34.0 Å². The van der Waals surface area contributed by atoms with E-state index in [4.69, 9.17) is 14.7 Å². The molecule has 0 amide bonds. The summed E-state index contributed by atoms with van der Waals surface area (Å²) in [6.45, 7) is 3.06. The summed E-state index contributed by atoms with van der Waals surface area (Å²) in [5.74, 6) is 0.937. The molecule has 1 aliphatic heterocycles. The molecule has 0 N–H and O–H groups in total. The Hall–Kier alpha value is -4.90. The van der Waals surface area contributed by atoms with Gasteiger partial charge in [-0.3, -0.25) is 19.6 Å². The number of Topliss-reactive ketones (excluding diaryl/α,β-unsaturated/α-hetero) is 2. The number of ether oxygens (including phenoxy) is 1. The predicted molar refractivity (Wildman–Crippen MR) is 146 cm³/mol. The maximum absolute atomic E-state index is 12.3. The molecule has 3 aromatic carbocycles. The Morgan fingerprint density at radius 1 is 0.658 bits per heavy atom. The van der Waals surface area contributed by atoms with E-state index >= 15 is 0 Å². The number of nitrogens with zero attached hydrogens (tertiary/aromatic N) is 2. The minimum atomic E-state index is -0.959. The first-order valence-corrected chi connectivity index (χ1v) is 12.4. The van der Waals surface area contributed by atoms with Crippen molar-refractivity contribution in [1.82, 2.24) is 9.97 Å². The third-order valence-electron chi connectivity index (χ3n) is 7.06. The van der Waals surface area contributed by atoms with E-state index in [0.717, 1.165) is 33.8 Å². The summed E-state index contributed by atoms with van der Waals surface area (Å²) in [6, 6.07) is 32.8. The van der Waals surface area contributed by atoms with Gasteiger partial charge in [-0.1, -0.05) is 66.7 Å². The smallest absolute Gasteiger partial charge is 0.159 e. The van der Waals surface area contributed by atoms with Gasteiger partial charge in [0.05, 0.1) is 17.1 Å². The Balaban J connectivity index is 1.73. The van der Waals surface area contributed by atoms with Crippen LogP contribution < -0.4 is 4.74 Å². The zero-order chi connectivity index (χ0) is 26.3. The zero-order valence-electron chi connectivity index (χ0n) is 21.0. The second kappa shape index (κ2) is 9.20. The van der Waals surface area contributed by atoms with Crippen LogP contribution in [0.1, 0.15) is 57.1 Å². The minimum absolute atomic E-state index is 0.0627. The third-order valence-corrected chi connectivity index (χ3v) is 7.06. The van der Waals surface area contributed by atoms with Crippen molar-refractivity contribution < 1.29 is 14.3 Å². The summed E-state index contributed by atoms with van der Waals surface area (Å²) in [4.78, 5) is 34.6. The highest BCUT2D eigenvalue weighted by Gasteiger charge is 2.48. The van der Waals surface area contributed by atoms with Gasteiger partial charge in [-0.25, -0.2) is 0 Å². The highest BCUT2D eigenvalue weighted by Crippen LogP contribution is 2.54. The van der Waals surface area contributed by atoms with Gasteiger partial charge in [-0.05, 0) is 50.2 Å². The first-order chi connectivity index (χ1) is 18.5. The van der Waals surface area contributed by atoms with Gasteiger partial charge in [0.1, 0.15) is 16.9 Å². The molecule has 0 saturated carbocycles. The van der Waals surface area contributed by atoms with E-state index in [-0.39, 0.29) is 11.6 Å². The maximum atomic E-state index is 12.3. The van der Waals surface area contributed by atoms with E-state index < -0.39 is 5.41 Å². The second-order valence-electron chi connectivity index (χ2n) is 9.38. The van der Waals surface area contributed by atoms with Crippen LogP contribution in [-0.4, -0.2) is 21.5 Å². The van der Waals surface area contributed by atoms with E-state index in [0.29, 0.717) is 22.6 Å². The van der Waals surface area contributed by atoms with Crippen LogP contribution in [0.3, 0.4) is 0 Å². The Morgan fingerprint density at radius 3 is 1.84 bits per heavy atom. The molecule has 3 heterocycles. The Labute approximate surface area is 220 Å². The molecule has 184 valence electrons. The number of benzene rings is 3. The highest BCUT2D eigenvalue weighted by atomic mass is 16.5. The number of pyridine rings is 2. The van der Waals surface area contributed by atoms with Crippen molar-refractivity contribution in [2.45, 2.75) is 19.3 Å². The molecule has 0 spiro atoms. The van der Waals surface area contributed by atoms with Crippen molar-refractivity contribution >= 4 is 11.6 Å². The molecular formula is C33H24N2O3. The minimum Gasteiger partial charge on any atom is -0.457 e. The molecule has 0 atom stereocenters. The summed E-state index contributed by atoms with van der Waals surface area (Å²) in [7, 11) is 0. The SMILES string of the molecule is CC(=O)c1ccc2c(c1)Oc1cc(C(C)=O)ccc1C2(c1ccccn1)c1cccc(-c2ccccc2)n1. The third kappa shape index (κ3) is 3.71. The van der Waals surface area contributed by atoms with Crippen LogP contribution in [0, 0.1) is 0 Å². The molecule has 0 aliphatic carbocycles. The fourth-order valence-corrected chi connectivity index (χ4v) is 5.22. The number of hydrogen-bond acceptors (Lipinski definition) is 5. The van der Waals surface area contributed by atoms with E-state index in [1.54, 1.807) is 18.3 Å². The molecule has 5 heteroatoms. The second-order valence-corrected chi connectivity index (χ2v) is 9.38. The fraction of sp³-hybridized carbons (Fsp3) is 0.0909. The largest absolute Gasteiger partial charge is 0.457 e. The number of hydrogen-bond donors (Lipinski definition) is 0. The lowest BCUT2D eigenvalue weighted by Gasteiger charge is -2.40. The topological polar surface area (TPSA) is 69.2 Å². The Bertz CT molecular complexity index is 1630. The van der Waals surface area contributed by atoms with Gasteiger partial charge < -0.3 is 4.74 Å². The van der Waals surface area contributed by atoms with Gasteiger partial charge in [0.25, 0.3) is 0 Å². The quantitative estimate of drug-likeness (QED) is 0.240. The van der Waals surface area contributed by atoms with Gasteiger partial charge in [0.15, 0.2) is 11.6 Å². The molecule has 2 aromatic heterocycles. The Morgan fingerprint density at radius 2 is 1.26 bits per heavy atom. The summed E-state index contributed by atoms with van der Waals surface area (Å²) >= 11 is 0. The monoisotopic (exact) mass is 496 g/mol. The van der Waals surface area contributed by atoms with Crippen LogP contribution in [0.5, 0.6) is 11.5 Å². The molecule has 5 nitrogen and oxygen atoms in total. The normalized spacial score (nSPS) is 13.1. The molecule has 6 rings (SSSR count). The average Bonchev–Trinajstić information content (AvgIpc) is 2.96. The lowest BCUT2D eigenvalue weighted by molar-refractivity contribution is 0.100. The zero-order valence-corrected chi connectivity index (χ0v) is 21.0. The van der Waals surface area contributed by atoms with E-state index in [1.165, 1.54) is 13.8 Å². The summed E-state index contributed by atoms with van der Waals surface area (Å²) in [5, 5.41) is 0. The maximum Gasteiger partial charge on any atom is 0.159 e. The number of fused-ring (bicyclic) bond motifs is 2. The van der Waals surface area contributed by atoms with Crippen LogP contribution in [0.15, 0.2) is 109 Å². The predicted octanol–water partition coefficient (Wildman–Crippen LogP) is 7.04. The number of rotatable bonds is 5. The number of carbonyl (C=O) groups excluding carboxylic acids is 2. The Kier molecular flexibility index (Phi) is 5.69. The van der Waals surface area contributed by atoms with Crippen molar-refractivity contribution in [2.24, 2.45) is 0 Å². The van der Waals surface area contributed by atoms with Crippen LogP contribution in [0.25, 0.3) is 11.3 Å². The number of carbonyl (C=O) groups is 2. The van der Waals surface area contributed by atoms with E-state index in [9.17, 15) is 9.59 Å². The van der Waals surface area contributed by atoms with E-state index in [2.05, 4.69) is 0 Å². The summed E-state index contributed by atoms with van der Waals surface area (Å²) in [6.07, 6.45) is 1.76. The number of ketones is 2. The summed E-state index contributed by atoms with van der Waals surface area (Å²) in [5.41, 5.74) is 5.10. The van der Waals surface area contributed by atoms with Crippen LogP contribution >= 0.6 is 0 Å². The molecule has 0 fully saturated rings. The number of aromatic nitrogens is 2. The molecule has 0 bridgehead atoms. The van der Waals surface area contributed by atoms with Crippen molar-refractivity contribution in [1.29, 1.82) is 0 Å². The molecule has 0 saturated heterocycles. The average molecular weight is 497 g/mol. The van der Waals surface area contributed by atoms with Crippen LogP contribution in [0.2, 0.25) is 0 Å². The molecular weight excluding hydrogens is 472 g/mol. The standard InChI is InChI=1S/C33H24N2O3/c1-21(36)24-14-16-26-29(19-24)38-30-20-25(22(2)37)15-17-27(30)33(26,31-12-6-7-18-34-31)32-13-8-11-28(35-32)23-9-4-3-5-10-23/h3-20H,1-2H3. The van der Waals surface area contributed by atoms with Crippen molar-refractivity contribution in [3.8, 4) is 22.8 Å². The molecule has 0 unspecified atom stereocenters. The first-order valence-electron chi connectivity index (χ1n) is 12.4. The van der Waals surface area contributed by atoms with Gasteiger partial charge in [0.2, 0.25) is 0 Å². The van der Waals surface area contributed by atoms with Crippen molar-refractivity contribution in [3.05, 3.63) is 143 Å². The van der Waals surface area contributed by atoms with Gasteiger partial charge >= 0.3 is 0 Å². The fourth-order valence-electron chi connectivity index (χ4n) is 5.22. The lowest BCUT2D eigenvalue weighted by atomic mass is 9.67. The van der Waals surface area contributed by atoms with Gasteiger partial charge in [-0.15, -0.1) is 0 Å². The highest BCUT2D eigenvalue weighted by molar-refractivity contribution is 5.96. The van der Waals surface area contributed by atoms with Crippen LogP contribution in [0.4, 0.5) is 0 Å². The van der Waals surface area contributed by atoms with Crippen molar-refractivity contribution in [2.75, 3.05) is 0 Å². The molecule has 5 aromatic rings. The summed E-state index contributed by atoms with van der Waals surface area (Å²) < 4.78 is 6.41. The first kappa shape index (κ1) is 23.5. The molecule has 38 heavy (non-hydrogen) atoms. The van der Waals surface area contributed by atoms with Gasteiger partial charge in [-0.2, -0.15) is 0 Å². The van der Waals surface area contributed by atoms with Crippen LogP contribution in [-0.2, 0) is 5.41 Å².